The highest BCUT2D eigenvalue weighted by atomic mass is 16.2. The quantitative estimate of drug-likeness (QED) is 0.870. The minimum Gasteiger partial charge on any atom is -0.356 e. The van der Waals surface area contributed by atoms with Crippen molar-refractivity contribution in [3.05, 3.63) is 29.8 Å². The summed E-state index contributed by atoms with van der Waals surface area (Å²) < 4.78 is 0. The summed E-state index contributed by atoms with van der Waals surface area (Å²) >= 11 is 0. The number of carbonyl (C=O) groups is 2. The van der Waals surface area contributed by atoms with Gasteiger partial charge in [0.2, 0.25) is 11.8 Å². The van der Waals surface area contributed by atoms with Crippen molar-refractivity contribution in [2.45, 2.75) is 27.2 Å². The Morgan fingerprint density at radius 1 is 1.33 bits per heavy atom. The topological polar surface area (TPSA) is 73.2 Å². The lowest BCUT2D eigenvalue weighted by molar-refractivity contribution is -0.121. The van der Waals surface area contributed by atoms with Gasteiger partial charge in [0.25, 0.3) is 0 Å². The van der Waals surface area contributed by atoms with Gasteiger partial charge in [-0.05, 0) is 18.1 Å². The van der Waals surface area contributed by atoms with Crippen molar-refractivity contribution >= 4 is 17.5 Å². The monoisotopic (exact) mass is 287 g/mol. The van der Waals surface area contributed by atoms with Gasteiger partial charge in [0, 0.05) is 26.4 Å². The maximum atomic E-state index is 11.8. The zero-order valence-electron chi connectivity index (χ0n) is 12.7. The molecule has 1 aromatic rings. The number of anilines is 1. The summed E-state index contributed by atoms with van der Waals surface area (Å²) in [5.41, 5.74) is 0.972. The first-order valence-corrected chi connectivity index (χ1v) is 6.99. The van der Waals surface area contributed by atoms with E-state index in [4.69, 9.17) is 5.26 Å². The van der Waals surface area contributed by atoms with Crippen LogP contribution in [0.25, 0.3) is 0 Å². The summed E-state index contributed by atoms with van der Waals surface area (Å²) in [6, 6.07) is 8.95. The molecular formula is C16H21N3O2. The van der Waals surface area contributed by atoms with Crippen LogP contribution in [-0.2, 0) is 9.59 Å². The predicted molar refractivity (Wildman–Crippen MR) is 81.6 cm³/mol. The smallest absolute Gasteiger partial charge is 0.223 e. The fraction of sp³-hybridized carbons (Fsp3) is 0.438. The molecule has 0 saturated heterocycles. The molecule has 1 rings (SSSR count). The van der Waals surface area contributed by atoms with Gasteiger partial charge in [-0.2, -0.15) is 5.26 Å². The standard InChI is InChI=1S/C16H21N3O2/c1-12(2)11-18-16(21)8-9-19(13(3)20)15-7-5-4-6-14(15)10-17/h4-7,12H,8-9,11H2,1-3H3,(H,18,21). The van der Waals surface area contributed by atoms with E-state index in [0.717, 1.165) is 0 Å². The second-order valence-corrected chi connectivity index (χ2v) is 5.25. The van der Waals surface area contributed by atoms with Crippen LogP contribution in [0.4, 0.5) is 5.69 Å². The van der Waals surface area contributed by atoms with Crippen molar-refractivity contribution in [2.24, 2.45) is 5.92 Å². The molecule has 0 aliphatic rings. The first-order chi connectivity index (χ1) is 9.95. The van der Waals surface area contributed by atoms with E-state index in [1.807, 2.05) is 13.8 Å². The molecule has 0 atom stereocenters. The van der Waals surface area contributed by atoms with E-state index in [0.29, 0.717) is 23.7 Å². The number of rotatable bonds is 6. The van der Waals surface area contributed by atoms with E-state index in [2.05, 4.69) is 11.4 Å². The molecule has 0 unspecified atom stereocenters. The van der Waals surface area contributed by atoms with Gasteiger partial charge in [0.15, 0.2) is 0 Å². The molecule has 0 aromatic heterocycles. The molecule has 5 heteroatoms. The lowest BCUT2D eigenvalue weighted by Gasteiger charge is -2.22. The molecule has 0 radical (unpaired) electrons. The van der Waals surface area contributed by atoms with Crippen LogP contribution in [0, 0.1) is 17.2 Å². The molecule has 0 aliphatic carbocycles. The molecule has 112 valence electrons. The summed E-state index contributed by atoms with van der Waals surface area (Å²) in [5.74, 6) is 0.107. The van der Waals surface area contributed by atoms with E-state index in [-0.39, 0.29) is 24.8 Å². The molecule has 0 fully saturated rings. The van der Waals surface area contributed by atoms with Crippen molar-refractivity contribution in [2.75, 3.05) is 18.0 Å². The Bertz CT molecular complexity index is 547. The van der Waals surface area contributed by atoms with Crippen molar-refractivity contribution in [1.29, 1.82) is 5.26 Å². The molecule has 0 bridgehead atoms. The van der Waals surface area contributed by atoms with Crippen LogP contribution in [0.15, 0.2) is 24.3 Å². The Labute approximate surface area is 125 Å². The fourth-order valence-corrected chi connectivity index (χ4v) is 1.87. The van der Waals surface area contributed by atoms with Gasteiger partial charge in [0.1, 0.15) is 6.07 Å². The fourth-order valence-electron chi connectivity index (χ4n) is 1.87. The molecule has 1 N–H and O–H groups in total. The van der Waals surface area contributed by atoms with Gasteiger partial charge in [-0.25, -0.2) is 0 Å². The summed E-state index contributed by atoms with van der Waals surface area (Å²) in [6.45, 7) is 6.35. The zero-order chi connectivity index (χ0) is 15.8. The normalized spacial score (nSPS) is 10.0. The average Bonchev–Trinajstić information content (AvgIpc) is 2.45. The van der Waals surface area contributed by atoms with Crippen molar-refractivity contribution < 1.29 is 9.59 Å². The van der Waals surface area contributed by atoms with Gasteiger partial charge < -0.3 is 10.2 Å². The highest BCUT2D eigenvalue weighted by Crippen LogP contribution is 2.20. The molecule has 0 saturated carbocycles. The van der Waals surface area contributed by atoms with Crippen LogP contribution in [-0.4, -0.2) is 24.9 Å². The summed E-state index contributed by atoms with van der Waals surface area (Å²) in [4.78, 5) is 25.0. The van der Waals surface area contributed by atoms with E-state index in [1.54, 1.807) is 24.3 Å². The summed E-state index contributed by atoms with van der Waals surface area (Å²) in [6.07, 6.45) is 0.214. The number of benzene rings is 1. The first kappa shape index (κ1) is 16.7. The second-order valence-electron chi connectivity index (χ2n) is 5.25. The Kier molecular flexibility index (Phi) is 6.41. The van der Waals surface area contributed by atoms with Gasteiger partial charge >= 0.3 is 0 Å². The number of hydrogen-bond donors (Lipinski definition) is 1. The summed E-state index contributed by atoms with van der Waals surface area (Å²) in [5, 5.41) is 11.9. The number of carbonyl (C=O) groups excluding carboxylic acids is 2. The van der Waals surface area contributed by atoms with Gasteiger partial charge in [-0.15, -0.1) is 0 Å². The van der Waals surface area contributed by atoms with Crippen molar-refractivity contribution in [3.8, 4) is 6.07 Å². The third-order valence-corrected chi connectivity index (χ3v) is 2.97. The molecule has 5 nitrogen and oxygen atoms in total. The molecular weight excluding hydrogens is 266 g/mol. The zero-order valence-corrected chi connectivity index (χ0v) is 12.7. The Balaban J connectivity index is 2.74. The number of nitriles is 1. The van der Waals surface area contributed by atoms with Crippen LogP contribution in [0.5, 0.6) is 0 Å². The molecule has 2 amide bonds. The SMILES string of the molecule is CC(=O)N(CCC(=O)NCC(C)C)c1ccccc1C#N. The van der Waals surface area contributed by atoms with E-state index >= 15 is 0 Å². The van der Waals surface area contributed by atoms with E-state index < -0.39 is 0 Å². The van der Waals surface area contributed by atoms with Crippen LogP contribution in [0.1, 0.15) is 32.8 Å². The van der Waals surface area contributed by atoms with Crippen molar-refractivity contribution in [1.82, 2.24) is 5.32 Å². The third kappa shape index (κ3) is 5.27. The number of amides is 2. The van der Waals surface area contributed by atoms with Gasteiger partial charge in [-0.1, -0.05) is 26.0 Å². The number of nitrogens with one attached hydrogen (secondary N) is 1. The Morgan fingerprint density at radius 3 is 2.57 bits per heavy atom. The Morgan fingerprint density at radius 2 is 2.00 bits per heavy atom. The second kappa shape index (κ2) is 8.05. The lowest BCUT2D eigenvalue weighted by atomic mass is 10.1. The van der Waals surface area contributed by atoms with Crippen LogP contribution in [0.2, 0.25) is 0 Å². The van der Waals surface area contributed by atoms with Crippen LogP contribution < -0.4 is 10.2 Å². The molecule has 1 aromatic carbocycles. The van der Waals surface area contributed by atoms with Crippen LogP contribution >= 0.6 is 0 Å². The van der Waals surface area contributed by atoms with Gasteiger partial charge in [-0.3, -0.25) is 9.59 Å². The minimum atomic E-state index is -0.186. The summed E-state index contributed by atoms with van der Waals surface area (Å²) in [7, 11) is 0. The molecule has 21 heavy (non-hydrogen) atoms. The largest absolute Gasteiger partial charge is 0.356 e. The molecule has 0 spiro atoms. The first-order valence-electron chi connectivity index (χ1n) is 6.99. The minimum absolute atomic E-state index is 0.0932. The van der Waals surface area contributed by atoms with Crippen LogP contribution in [0.3, 0.4) is 0 Å². The average molecular weight is 287 g/mol. The predicted octanol–water partition coefficient (Wildman–Crippen LogP) is 2.07. The molecule has 0 aliphatic heterocycles. The number of nitrogens with zero attached hydrogens (tertiary/aromatic N) is 2. The lowest BCUT2D eigenvalue weighted by Crippen LogP contribution is -2.35. The highest BCUT2D eigenvalue weighted by Gasteiger charge is 2.16. The number of para-hydroxylation sites is 1. The number of hydrogen-bond acceptors (Lipinski definition) is 3. The van der Waals surface area contributed by atoms with E-state index in [9.17, 15) is 9.59 Å². The van der Waals surface area contributed by atoms with E-state index in [1.165, 1.54) is 11.8 Å². The highest BCUT2D eigenvalue weighted by molar-refractivity contribution is 5.93. The Hall–Kier alpha value is -2.35. The molecule has 0 heterocycles. The van der Waals surface area contributed by atoms with Crippen molar-refractivity contribution in [3.63, 3.8) is 0 Å². The maximum absolute atomic E-state index is 11.8. The van der Waals surface area contributed by atoms with Gasteiger partial charge in [0.05, 0.1) is 11.3 Å². The third-order valence-electron chi connectivity index (χ3n) is 2.97. The maximum Gasteiger partial charge on any atom is 0.223 e.